The van der Waals surface area contributed by atoms with Crippen molar-refractivity contribution in [2.45, 2.75) is 6.92 Å². The molecule has 0 saturated heterocycles. The van der Waals surface area contributed by atoms with Crippen LogP contribution in [0, 0.1) is 0 Å². The molecule has 0 bridgehead atoms. The summed E-state index contributed by atoms with van der Waals surface area (Å²) in [5.74, 6) is 1.98. The van der Waals surface area contributed by atoms with E-state index in [0.29, 0.717) is 13.1 Å². The quantitative estimate of drug-likeness (QED) is 0.593. The number of benzene rings is 1. The van der Waals surface area contributed by atoms with Gasteiger partial charge in [-0.3, -0.25) is 4.79 Å². The summed E-state index contributed by atoms with van der Waals surface area (Å²) in [5, 5.41) is 9.23. The average Bonchev–Trinajstić information content (AvgIpc) is 2.35. The molecule has 18 heavy (non-hydrogen) atoms. The molecule has 0 fully saturated rings. The molecule has 0 spiro atoms. The van der Waals surface area contributed by atoms with E-state index in [-0.39, 0.29) is 11.7 Å². The number of carbonyl (C=O) groups excluding carboxylic acids is 1. The molecule has 4 nitrogen and oxygen atoms in total. The zero-order valence-electron chi connectivity index (χ0n) is 10.3. The predicted octanol–water partition coefficient (Wildman–Crippen LogP) is 2.09. The number of phenolic OH excluding ortho intramolecular Hbond substituents is 1. The van der Waals surface area contributed by atoms with Crippen LogP contribution in [0.3, 0.4) is 0 Å². The maximum absolute atomic E-state index is 11.6. The Hall–Kier alpha value is -0.850. The molecule has 0 aliphatic heterocycles. The lowest BCUT2D eigenvalue weighted by molar-refractivity contribution is -0.116. The van der Waals surface area contributed by atoms with Gasteiger partial charge >= 0.3 is 0 Å². The first-order chi connectivity index (χ1) is 8.65. The van der Waals surface area contributed by atoms with Gasteiger partial charge in [-0.05, 0) is 24.3 Å². The summed E-state index contributed by atoms with van der Waals surface area (Å²) in [5.41, 5.74) is 6.21. The van der Waals surface area contributed by atoms with Crippen LogP contribution in [0.1, 0.15) is 6.92 Å². The van der Waals surface area contributed by atoms with Crippen LogP contribution in [0.25, 0.3) is 0 Å². The second-order valence-corrected chi connectivity index (χ2v) is 6.32. The molecule has 6 heteroatoms. The third-order valence-electron chi connectivity index (χ3n) is 2.22. The topological polar surface area (TPSA) is 66.6 Å². The molecular formula is C12H18N2O2S2. The van der Waals surface area contributed by atoms with Crippen LogP contribution < -0.4 is 10.6 Å². The van der Waals surface area contributed by atoms with Gasteiger partial charge in [0.2, 0.25) is 5.91 Å². The smallest absolute Gasteiger partial charge is 0.223 e. The number of anilines is 1. The molecule has 3 N–H and O–H groups in total. The second kappa shape index (κ2) is 8.29. The van der Waals surface area contributed by atoms with Gasteiger partial charge in [0, 0.05) is 37.2 Å². The average molecular weight is 286 g/mol. The third-order valence-corrected chi connectivity index (χ3v) is 4.64. The highest BCUT2D eigenvalue weighted by Crippen LogP contribution is 2.23. The van der Waals surface area contributed by atoms with E-state index in [1.807, 2.05) is 0 Å². The van der Waals surface area contributed by atoms with E-state index < -0.39 is 0 Å². The molecule has 0 heterocycles. The van der Waals surface area contributed by atoms with Gasteiger partial charge in [0.1, 0.15) is 5.75 Å². The molecule has 1 aromatic rings. The van der Waals surface area contributed by atoms with Crippen molar-refractivity contribution in [2.24, 2.45) is 5.73 Å². The Morgan fingerprint density at radius 1 is 1.28 bits per heavy atom. The molecule has 0 aliphatic carbocycles. The highest BCUT2D eigenvalue weighted by Gasteiger charge is 2.10. The van der Waals surface area contributed by atoms with Crippen LogP contribution in [0.2, 0.25) is 0 Å². The monoisotopic (exact) mass is 286 g/mol. The van der Waals surface area contributed by atoms with Gasteiger partial charge in [-0.25, -0.2) is 0 Å². The summed E-state index contributed by atoms with van der Waals surface area (Å²) in [4.78, 5) is 13.3. The first kappa shape index (κ1) is 15.2. The fourth-order valence-corrected chi connectivity index (χ4v) is 3.20. The highest BCUT2D eigenvalue weighted by molar-refractivity contribution is 8.76. The van der Waals surface area contributed by atoms with Gasteiger partial charge in [-0.2, -0.15) is 0 Å². The molecule has 0 radical (unpaired) electrons. The third kappa shape index (κ3) is 5.20. The zero-order valence-corrected chi connectivity index (χ0v) is 12.0. The lowest BCUT2D eigenvalue weighted by Crippen LogP contribution is -2.30. The Balaban J connectivity index is 2.50. The fraction of sp³-hybridized carbons (Fsp3) is 0.417. The van der Waals surface area contributed by atoms with Gasteiger partial charge in [0.05, 0.1) is 0 Å². The molecule has 1 amide bonds. The first-order valence-corrected chi connectivity index (χ1v) is 8.15. The number of carbonyl (C=O) groups is 1. The molecule has 0 aliphatic rings. The summed E-state index contributed by atoms with van der Waals surface area (Å²) in [6.07, 6.45) is 0. The second-order valence-electron chi connectivity index (χ2n) is 3.62. The van der Waals surface area contributed by atoms with Gasteiger partial charge in [-0.15, -0.1) is 0 Å². The number of phenols is 1. The molecule has 0 aromatic heterocycles. The molecule has 100 valence electrons. The van der Waals surface area contributed by atoms with E-state index in [1.165, 1.54) is 0 Å². The minimum atomic E-state index is 0.00474. The largest absolute Gasteiger partial charge is 0.508 e. The Morgan fingerprint density at radius 2 is 1.89 bits per heavy atom. The maximum atomic E-state index is 11.6. The van der Waals surface area contributed by atoms with E-state index in [0.717, 1.165) is 17.2 Å². The van der Waals surface area contributed by atoms with Crippen LogP contribution in [0.5, 0.6) is 5.75 Å². The van der Waals surface area contributed by atoms with Crippen LogP contribution in [0.15, 0.2) is 24.3 Å². The van der Waals surface area contributed by atoms with E-state index in [2.05, 4.69) is 0 Å². The van der Waals surface area contributed by atoms with Crippen LogP contribution in [-0.4, -0.2) is 35.6 Å². The summed E-state index contributed by atoms with van der Waals surface area (Å²) in [7, 11) is 3.43. The minimum Gasteiger partial charge on any atom is -0.508 e. The van der Waals surface area contributed by atoms with Crippen molar-refractivity contribution in [1.82, 2.24) is 0 Å². The predicted molar refractivity (Wildman–Crippen MR) is 80.1 cm³/mol. The van der Waals surface area contributed by atoms with E-state index in [4.69, 9.17) is 5.73 Å². The van der Waals surface area contributed by atoms with Crippen LogP contribution >= 0.6 is 21.6 Å². The summed E-state index contributed by atoms with van der Waals surface area (Å²) >= 11 is 0. The Morgan fingerprint density at radius 3 is 2.44 bits per heavy atom. The van der Waals surface area contributed by atoms with Gasteiger partial charge in [0.15, 0.2) is 0 Å². The van der Waals surface area contributed by atoms with Crippen molar-refractivity contribution >= 4 is 33.2 Å². The van der Waals surface area contributed by atoms with Crippen molar-refractivity contribution in [3.63, 3.8) is 0 Å². The summed E-state index contributed by atoms with van der Waals surface area (Å²) in [6, 6.07) is 6.66. The van der Waals surface area contributed by atoms with Gasteiger partial charge in [-0.1, -0.05) is 21.6 Å². The fourth-order valence-electron chi connectivity index (χ4n) is 1.40. The van der Waals surface area contributed by atoms with Crippen molar-refractivity contribution in [3.05, 3.63) is 24.3 Å². The SMILES string of the molecule is CC(=O)N(CCSSCCN)c1ccc(O)cc1. The van der Waals surface area contributed by atoms with E-state index >= 15 is 0 Å². The first-order valence-electron chi connectivity index (χ1n) is 5.66. The molecule has 1 aromatic carbocycles. The van der Waals surface area contributed by atoms with Crippen LogP contribution in [0.4, 0.5) is 5.69 Å². The van der Waals surface area contributed by atoms with Gasteiger partial charge in [0.25, 0.3) is 0 Å². The lowest BCUT2D eigenvalue weighted by atomic mass is 10.2. The molecule has 1 rings (SSSR count). The molecular weight excluding hydrogens is 268 g/mol. The number of nitrogens with two attached hydrogens (primary N) is 1. The molecule has 0 saturated carbocycles. The number of nitrogens with zero attached hydrogens (tertiary/aromatic N) is 1. The van der Waals surface area contributed by atoms with Crippen molar-refractivity contribution in [1.29, 1.82) is 0 Å². The van der Waals surface area contributed by atoms with E-state index in [1.54, 1.807) is 57.7 Å². The summed E-state index contributed by atoms with van der Waals surface area (Å²) in [6.45, 7) is 2.87. The number of hydrogen-bond donors (Lipinski definition) is 2. The summed E-state index contributed by atoms with van der Waals surface area (Å²) < 4.78 is 0. The lowest BCUT2D eigenvalue weighted by Gasteiger charge is -2.20. The number of amides is 1. The number of aromatic hydroxyl groups is 1. The van der Waals surface area contributed by atoms with Gasteiger partial charge < -0.3 is 15.7 Å². The van der Waals surface area contributed by atoms with Crippen LogP contribution in [-0.2, 0) is 4.79 Å². The standard InChI is InChI=1S/C12H18N2O2S2/c1-10(15)14(7-9-18-17-8-6-13)11-2-4-12(16)5-3-11/h2-5,16H,6-9,13H2,1H3. The van der Waals surface area contributed by atoms with Crippen molar-refractivity contribution in [2.75, 3.05) is 29.5 Å². The Kier molecular flexibility index (Phi) is 7.00. The highest BCUT2D eigenvalue weighted by atomic mass is 33.1. The Labute approximate surface area is 115 Å². The number of rotatable bonds is 7. The van der Waals surface area contributed by atoms with Crippen molar-refractivity contribution < 1.29 is 9.90 Å². The normalized spacial score (nSPS) is 10.3. The Bertz CT molecular complexity index is 371. The van der Waals surface area contributed by atoms with E-state index in [9.17, 15) is 9.90 Å². The minimum absolute atomic E-state index is 0.00474. The van der Waals surface area contributed by atoms with Crippen molar-refractivity contribution in [3.8, 4) is 5.75 Å². The number of hydrogen-bond acceptors (Lipinski definition) is 5. The molecule has 0 atom stereocenters. The molecule has 0 unspecified atom stereocenters. The zero-order chi connectivity index (χ0) is 13.4. The maximum Gasteiger partial charge on any atom is 0.223 e.